The van der Waals surface area contributed by atoms with Crippen LogP contribution in [0.5, 0.6) is 11.5 Å². The lowest BCUT2D eigenvalue weighted by molar-refractivity contribution is 0.373. The van der Waals surface area contributed by atoms with E-state index in [-0.39, 0.29) is 5.75 Å². The predicted octanol–water partition coefficient (Wildman–Crippen LogP) is 4.26. The van der Waals surface area contributed by atoms with Gasteiger partial charge in [0.15, 0.2) is 11.5 Å². The number of methoxy groups -OCH3 is 1. The minimum Gasteiger partial charge on any atom is -0.504 e. The van der Waals surface area contributed by atoms with Gasteiger partial charge in [0.05, 0.1) is 19.0 Å². The first kappa shape index (κ1) is 14.7. The summed E-state index contributed by atoms with van der Waals surface area (Å²) in [6.45, 7) is 0. The molecule has 0 radical (unpaired) electrons. The van der Waals surface area contributed by atoms with E-state index in [4.69, 9.17) is 16.3 Å². The molecule has 0 spiro atoms. The van der Waals surface area contributed by atoms with Gasteiger partial charge in [-0.3, -0.25) is 5.43 Å². The summed E-state index contributed by atoms with van der Waals surface area (Å²) in [5.41, 5.74) is 4.42. The Morgan fingerprint density at radius 3 is 2.65 bits per heavy atom. The van der Waals surface area contributed by atoms with E-state index in [1.54, 1.807) is 30.5 Å². The number of hydrogen-bond donors (Lipinski definition) is 2. The molecule has 2 rings (SSSR count). The summed E-state index contributed by atoms with van der Waals surface area (Å²) in [6, 6.07) is 10.4. The molecule has 20 heavy (non-hydrogen) atoms. The number of aromatic hydroxyl groups is 1. The molecule has 0 amide bonds. The zero-order valence-electron chi connectivity index (χ0n) is 10.6. The molecule has 2 N–H and O–H groups in total. The molecule has 104 valence electrons. The Morgan fingerprint density at radius 2 is 2.00 bits per heavy atom. The smallest absolute Gasteiger partial charge is 0.161 e. The normalized spacial score (nSPS) is 10.8. The van der Waals surface area contributed by atoms with Crippen molar-refractivity contribution in [2.45, 2.75) is 0 Å². The van der Waals surface area contributed by atoms with Crippen molar-refractivity contribution in [3.8, 4) is 11.5 Å². The Morgan fingerprint density at radius 1 is 1.30 bits per heavy atom. The first-order valence-corrected chi connectivity index (χ1v) is 6.88. The maximum atomic E-state index is 9.72. The summed E-state index contributed by atoms with van der Waals surface area (Å²) in [6.07, 6.45) is 1.60. The molecule has 0 bridgehead atoms. The van der Waals surface area contributed by atoms with E-state index in [0.717, 1.165) is 15.7 Å². The molecule has 0 fully saturated rings. The molecule has 0 aliphatic heterocycles. The molecule has 6 heteroatoms. The summed E-state index contributed by atoms with van der Waals surface area (Å²) < 4.78 is 5.79. The average molecular weight is 356 g/mol. The molecule has 0 unspecified atom stereocenters. The van der Waals surface area contributed by atoms with E-state index in [2.05, 4.69) is 26.5 Å². The Balaban J connectivity index is 2.11. The molecule has 4 nitrogen and oxygen atoms in total. The second kappa shape index (κ2) is 6.63. The number of nitrogens with one attached hydrogen (secondary N) is 1. The van der Waals surface area contributed by atoms with Gasteiger partial charge in [-0.25, -0.2) is 0 Å². The summed E-state index contributed by atoms with van der Waals surface area (Å²) in [4.78, 5) is 0. The van der Waals surface area contributed by atoms with Crippen LogP contribution in [0, 0.1) is 0 Å². The fourth-order valence-corrected chi connectivity index (χ4v) is 2.07. The SMILES string of the molecule is COc1cc(Br)c(/C=N\Nc2ccc(Cl)cc2)cc1O. The Labute approximate surface area is 130 Å². The van der Waals surface area contributed by atoms with Crippen molar-refractivity contribution in [2.75, 3.05) is 12.5 Å². The Kier molecular flexibility index (Phi) is 4.87. The standard InChI is InChI=1S/C14H12BrClN2O2/c1-20-14-7-12(15)9(6-13(14)19)8-17-18-11-4-2-10(16)3-5-11/h2-8,18-19H,1H3/b17-8-. The molecule has 0 aliphatic rings. The summed E-state index contributed by atoms with van der Waals surface area (Å²) in [5.74, 6) is 0.461. The van der Waals surface area contributed by atoms with Gasteiger partial charge in [0.25, 0.3) is 0 Å². The molecule has 0 atom stereocenters. The molecule has 0 saturated carbocycles. The van der Waals surface area contributed by atoms with Gasteiger partial charge in [0, 0.05) is 15.1 Å². The average Bonchev–Trinajstić information content (AvgIpc) is 2.44. The lowest BCUT2D eigenvalue weighted by Crippen LogP contribution is -1.92. The van der Waals surface area contributed by atoms with Gasteiger partial charge in [0.1, 0.15) is 0 Å². The van der Waals surface area contributed by atoms with Gasteiger partial charge >= 0.3 is 0 Å². The number of rotatable bonds is 4. The first-order chi connectivity index (χ1) is 9.60. The minimum atomic E-state index is 0.0589. The van der Waals surface area contributed by atoms with Crippen LogP contribution in [0.4, 0.5) is 5.69 Å². The highest BCUT2D eigenvalue weighted by Gasteiger charge is 2.06. The van der Waals surface area contributed by atoms with E-state index in [9.17, 15) is 5.11 Å². The third-order valence-electron chi connectivity index (χ3n) is 2.54. The third kappa shape index (κ3) is 3.65. The van der Waals surface area contributed by atoms with Crippen LogP contribution in [0.3, 0.4) is 0 Å². The van der Waals surface area contributed by atoms with E-state index in [1.807, 2.05) is 12.1 Å². The number of ether oxygens (including phenoxy) is 1. The van der Waals surface area contributed by atoms with E-state index in [0.29, 0.717) is 10.8 Å². The van der Waals surface area contributed by atoms with Crippen LogP contribution >= 0.6 is 27.5 Å². The molecule has 2 aromatic rings. The Bertz CT molecular complexity index is 630. The molecule has 0 aliphatic carbocycles. The maximum absolute atomic E-state index is 9.72. The van der Waals surface area contributed by atoms with Gasteiger partial charge in [-0.2, -0.15) is 5.10 Å². The number of phenolic OH excluding ortho intramolecular Hbond substituents is 1. The van der Waals surface area contributed by atoms with Crippen molar-refractivity contribution in [1.29, 1.82) is 0 Å². The van der Waals surface area contributed by atoms with Crippen molar-refractivity contribution in [1.82, 2.24) is 0 Å². The van der Waals surface area contributed by atoms with Crippen molar-refractivity contribution < 1.29 is 9.84 Å². The fraction of sp³-hybridized carbons (Fsp3) is 0.0714. The van der Waals surface area contributed by atoms with E-state index in [1.165, 1.54) is 7.11 Å². The molecule has 0 saturated heterocycles. The zero-order chi connectivity index (χ0) is 14.5. The first-order valence-electron chi connectivity index (χ1n) is 5.71. The van der Waals surface area contributed by atoms with Crippen molar-refractivity contribution in [3.63, 3.8) is 0 Å². The van der Waals surface area contributed by atoms with E-state index >= 15 is 0 Å². The second-order valence-corrected chi connectivity index (χ2v) is 5.21. The number of benzene rings is 2. The highest BCUT2D eigenvalue weighted by Crippen LogP contribution is 2.31. The van der Waals surface area contributed by atoms with Crippen molar-refractivity contribution in [3.05, 3.63) is 51.5 Å². The monoisotopic (exact) mass is 354 g/mol. The topological polar surface area (TPSA) is 53.8 Å². The summed E-state index contributed by atoms with van der Waals surface area (Å²) >= 11 is 9.19. The number of nitrogens with zero attached hydrogens (tertiary/aromatic N) is 1. The molecule has 0 aromatic heterocycles. The lowest BCUT2D eigenvalue weighted by Gasteiger charge is -2.06. The summed E-state index contributed by atoms with van der Waals surface area (Å²) in [5, 5.41) is 14.5. The van der Waals surface area contributed by atoms with Crippen molar-refractivity contribution in [2.24, 2.45) is 5.10 Å². The van der Waals surface area contributed by atoms with Crippen molar-refractivity contribution >= 4 is 39.4 Å². The van der Waals surface area contributed by atoms with Gasteiger partial charge in [-0.05, 0) is 52.3 Å². The van der Waals surface area contributed by atoms with Crippen LogP contribution in [0.2, 0.25) is 5.02 Å². The van der Waals surface area contributed by atoms with Gasteiger partial charge < -0.3 is 9.84 Å². The quantitative estimate of drug-likeness (QED) is 0.636. The molecular weight excluding hydrogens is 344 g/mol. The largest absolute Gasteiger partial charge is 0.504 e. The minimum absolute atomic E-state index is 0.0589. The lowest BCUT2D eigenvalue weighted by atomic mass is 10.2. The van der Waals surface area contributed by atoms with Crippen LogP contribution < -0.4 is 10.2 Å². The number of halogens is 2. The number of anilines is 1. The second-order valence-electron chi connectivity index (χ2n) is 3.92. The van der Waals surface area contributed by atoms with Crippen LogP contribution in [-0.4, -0.2) is 18.4 Å². The molecular formula is C14H12BrClN2O2. The van der Waals surface area contributed by atoms with Crippen LogP contribution in [0.25, 0.3) is 0 Å². The molecule has 2 aromatic carbocycles. The highest BCUT2D eigenvalue weighted by molar-refractivity contribution is 9.10. The maximum Gasteiger partial charge on any atom is 0.161 e. The Hall–Kier alpha value is -1.72. The number of hydrogen-bond acceptors (Lipinski definition) is 4. The van der Waals surface area contributed by atoms with Crippen LogP contribution in [0.1, 0.15) is 5.56 Å². The molecule has 0 heterocycles. The van der Waals surface area contributed by atoms with Gasteiger partial charge in [-0.15, -0.1) is 0 Å². The predicted molar refractivity (Wildman–Crippen MR) is 85.0 cm³/mol. The van der Waals surface area contributed by atoms with E-state index < -0.39 is 0 Å². The van der Waals surface area contributed by atoms with Crippen LogP contribution in [-0.2, 0) is 0 Å². The van der Waals surface area contributed by atoms with Gasteiger partial charge in [0.2, 0.25) is 0 Å². The van der Waals surface area contributed by atoms with Crippen LogP contribution in [0.15, 0.2) is 46.0 Å². The fourth-order valence-electron chi connectivity index (χ4n) is 1.52. The highest BCUT2D eigenvalue weighted by atomic mass is 79.9. The zero-order valence-corrected chi connectivity index (χ0v) is 12.9. The number of hydrazone groups is 1. The third-order valence-corrected chi connectivity index (χ3v) is 3.48. The summed E-state index contributed by atoms with van der Waals surface area (Å²) in [7, 11) is 1.50. The van der Waals surface area contributed by atoms with Gasteiger partial charge in [-0.1, -0.05) is 11.6 Å². The number of phenols is 1.